The molecule has 6 nitrogen and oxygen atoms in total. The second-order valence-electron chi connectivity index (χ2n) is 3.05. The van der Waals surface area contributed by atoms with Gasteiger partial charge in [0, 0.05) is 5.56 Å². The molecule has 6 heteroatoms. The van der Waals surface area contributed by atoms with Crippen molar-refractivity contribution in [1.82, 2.24) is 5.43 Å². The van der Waals surface area contributed by atoms with Crippen LogP contribution in [-0.4, -0.2) is 25.3 Å². The maximum absolute atomic E-state index is 11.0. The SMILES string of the molecule is COc1ccc(OC)c(C(NN)C(=O)O)c1. The molecule has 1 aromatic rings. The van der Waals surface area contributed by atoms with Crippen LogP contribution in [0, 0.1) is 0 Å². The molecular weight excluding hydrogens is 212 g/mol. The Morgan fingerprint density at radius 2 is 2.12 bits per heavy atom. The zero-order valence-corrected chi connectivity index (χ0v) is 9.06. The third kappa shape index (κ3) is 2.41. The quantitative estimate of drug-likeness (QED) is 0.493. The van der Waals surface area contributed by atoms with E-state index in [-0.39, 0.29) is 0 Å². The summed E-state index contributed by atoms with van der Waals surface area (Å²) in [5.41, 5.74) is 2.62. The highest BCUT2D eigenvalue weighted by molar-refractivity contribution is 5.76. The van der Waals surface area contributed by atoms with Crippen LogP contribution >= 0.6 is 0 Å². The van der Waals surface area contributed by atoms with Gasteiger partial charge in [-0.25, -0.2) is 5.43 Å². The predicted octanol–water partition coefficient (Wildman–Crippen LogP) is 0.293. The summed E-state index contributed by atoms with van der Waals surface area (Å²) in [5.74, 6) is 5.08. The molecule has 0 amide bonds. The molecule has 0 bridgehead atoms. The van der Waals surface area contributed by atoms with Crippen LogP contribution in [0.5, 0.6) is 11.5 Å². The fraction of sp³-hybridized carbons (Fsp3) is 0.300. The van der Waals surface area contributed by atoms with Gasteiger partial charge in [-0.15, -0.1) is 0 Å². The Labute approximate surface area is 92.9 Å². The standard InChI is InChI=1S/C10H14N2O4/c1-15-6-3-4-8(16-2)7(5-6)9(12-11)10(13)14/h3-5,9,12H,11H2,1-2H3,(H,13,14). The third-order valence-electron chi connectivity index (χ3n) is 2.16. The summed E-state index contributed by atoms with van der Waals surface area (Å²) in [5, 5.41) is 8.97. The topological polar surface area (TPSA) is 93.8 Å². The number of hydrazine groups is 1. The molecule has 1 unspecified atom stereocenters. The maximum Gasteiger partial charge on any atom is 0.326 e. The molecule has 0 aliphatic carbocycles. The van der Waals surface area contributed by atoms with Gasteiger partial charge in [0.05, 0.1) is 14.2 Å². The van der Waals surface area contributed by atoms with Gasteiger partial charge >= 0.3 is 5.97 Å². The number of carboxylic acids is 1. The number of nitrogens with one attached hydrogen (secondary N) is 1. The first-order valence-electron chi connectivity index (χ1n) is 4.55. The Bertz CT molecular complexity index is 381. The molecule has 88 valence electrons. The van der Waals surface area contributed by atoms with Gasteiger partial charge in [-0.2, -0.15) is 0 Å². The Kier molecular flexibility index (Phi) is 4.10. The largest absolute Gasteiger partial charge is 0.497 e. The molecule has 0 aromatic heterocycles. The lowest BCUT2D eigenvalue weighted by Crippen LogP contribution is -2.34. The van der Waals surface area contributed by atoms with Crippen molar-refractivity contribution in [3.05, 3.63) is 23.8 Å². The summed E-state index contributed by atoms with van der Waals surface area (Å²) >= 11 is 0. The number of rotatable bonds is 5. The highest BCUT2D eigenvalue weighted by Gasteiger charge is 2.22. The van der Waals surface area contributed by atoms with Crippen LogP contribution in [0.1, 0.15) is 11.6 Å². The lowest BCUT2D eigenvalue weighted by Gasteiger charge is -2.16. The molecule has 0 aliphatic rings. The van der Waals surface area contributed by atoms with Crippen molar-refractivity contribution in [2.24, 2.45) is 5.84 Å². The summed E-state index contributed by atoms with van der Waals surface area (Å²) in [6.07, 6.45) is 0. The molecule has 16 heavy (non-hydrogen) atoms. The molecule has 4 N–H and O–H groups in total. The molecule has 0 aliphatic heterocycles. The van der Waals surface area contributed by atoms with Crippen molar-refractivity contribution in [3.63, 3.8) is 0 Å². The average molecular weight is 226 g/mol. The van der Waals surface area contributed by atoms with Gasteiger partial charge in [-0.05, 0) is 18.2 Å². The summed E-state index contributed by atoms with van der Waals surface area (Å²) in [6.45, 7) is 0. The molecule has 1 atom stereocenters. The van der Waals surface area contributed by atoms with E-state index in [1.54, 1.807) is 18.2 Å². The lowest BCUT2D eigenvalue weighted by atomic mass is 10.1. The number of nitrogens with two attached hydrogens (primary N) is 1. The minimum absolute atomic E-state index is 0.414. The van der Waals surface area contributed by atoms with Crippen molar-refractivity contribution >= 4 is 5.97 Å². The van der Waals surface area contributed by atoms with Crippen LogP contribution in [0.4, 0.5) is 0 Å². The van der Waals surface area contributed by atoms with Crippen LogP contribution in [0.25, 0.3) is 0 Å². The van der Waals surface area contributed by atoms with Crippen molar-refractivity contribution in [2.75, 3.05) is 14.2 Å². The van der Waals surface area contributed by atoms with E-state index in [0.29, 0.717) is 17.1 Å². The van der Waals surface area contributed by atoms with Crippen LogP contribution in [0.2, 0.25) is 0 Å². The summed E-state index contributed by atoms with van der Waals surface area (Å²) in [4.78, 5) is 11.0. The van der Waals surface area contributed by atoms with Gasteiger partial charge in [0.25, 0.3) is 0 Å². The number of ether oxygens (including phenoxy) is 2. The first-order chi connectivity index (χ1) is 7.63. The summed E-state index contributed by atoms with van der Waals surface area (Å²) in [7, 11) is 2.96. The highest BCUT2D eigenvalue weighted by Crippen LogP contribution is 2.29. The molecule has 0 saturated carbocycles. The van der Waals surface area contributed by atoms with E-state index >= 15 is 0 Å². The molecule has 0 heterocycles. The van der Waals surface area contributed by atoms with Gasteiger partial charge in [0.2, 0.25) is 0 Å². The van der Waals surface area contributed by atoms with Gasteiger partial charge < -0.3 is 14.6 Å². The number of hydrogen-bond donors (Lipinski definition) is 3. The van der Waals surface area contributed by atoms with E-state index in [1.165, 1.54) is 14.2 Å². The smallest absolute Gasteiger partial charge is 0.326 e. The lowest BCUT2D eigenvalue weighted by molar-refractivity contribution is -0.139. The third-order valence-corrected chi connectivity index (χ3v) is 2.16. The van der Waals surface area contributed by atoms with Gasteiger partial charge in [-0.1, -0.05) is 0 Å². The summed E-state index contributed by atoms with van der Waals surface area (Å²) in [6, 6.07) is 3.83. The second kappa shape index (κ2) is 5.34. The Morgan fingerprint density at radius 1 is 1.44 bits per heavy atom. The fourth-order valence-electron chi connectivity index (χ4n) is 1.36. The van der Waals surface area contributed by atoms with Crippen LogP contribution in [0.15, 0.2) is 18.2 Å². The second-order valence-corrected chi connectivity index (χ2v) is 3.05. The molecule has 1 aromatic carbocycles. The van der Waals surface area contributed by atoms with Crippen molar-refractivity contribution in [2.45, 2.75) is 6.04 Å². The van der Waals surface area contributed by atoms with Gasteiger partial charge in [0.15, 0.2) is 0 Å². The zero-order chi connectivity index (χ0) is 12.1. The fourth-order valence-corrected chi connectivity index (χ4v) is 1.36. The molecule has 1 rings (SSSR count). The minimum Gasteiger partial charge on any atom is -0.497 e. The highest BCUT2D eigenvalue weighted by atomic mass is 16.5. The molecule has 0 fully saturated rings. The number of carbonyl (C=O) groups is 1. The van der Waals surface area contributed by atoms with Crippen LogP contribution < -0.4 is 20.7 Å². The number of aliphatic carboxylic acids is 1. The molecule has 0 spiro atoms. The number of hydrogen-bond acceptors (Lipinski definition) is 5. The average Bonchev–Trinajstić information content (AvgIpc) is 2.29. The monoisotopic (exact) mass is 226 g/mol. The predicted molar refractivity (Wildman–Crippen MR) is 57.2 cm³/mol. The van der Waals surface area contributed by atoms with E-state index < -0.39 is 12.0 Å². The van der Waals surface area contributed by atoms with Gasteiger partial charge in [-0.3, -0.25) is 10.6 Å². The van der Waals surface area contributed by atoms with E-state index in [0.717, 1.165) is 0 Å². The van der Waals surface area contributed by atoms with E-state index in [4.69, 9.17) is 20.4 Å². The minimum atomic E-state index is -1.09. The Hall–Kier alpha value is -1.79. The molecular formula is C10H14N2O4. The first kappa shape index (κ1) is 12.3. The van der Waals surface area contributed by atoms with Crippen LogP contribution in [0.3, 0.4) is 0 Å². The van der Waals surface area contributed by atoms with Crippen molar-refractivity contribution in [3.8, 4) is 11.5 Å². The van der Waals surface area contributed by atoms with Crippen molar-refractivity contribution in [1.29, 1.82) is 0 Å². The normalized spacial score (nSPS) is 11.9. The molecule has 0 saturated heterocycles. The number of methoxy groups -OCH3 is 2. The van der Waals surface area contributed by atoms with E-state index in [9.17, 15) is 4.79 Å². The van der Waals surface area contributed by atoms with Crippen molar-refractivity contribution < 1.29 is 19.4 Å². The van der Waals surface area contributed by atoms with Gasteiger partial charge in [0.1, 0.15) is 17.5 Å². The maximum atomic E-state index is 11.0. The molecule has 0 radical (unpaired) electrons. The summed E-state index contributed by atoms with van der Waals surface area (Å²) < 4.78 is 10.1. The first-order valence-corrected chi connectivity index (χ1v) is 4.55. The number of benzene rings is 1. The zero-order valence-electron chi connectivity index (χ0n) is 9.06. The van der Waals surface area contributed by atoms with E-state index in [2.05, 4.69) is 5.43 Å². The number of carboxylic acid groups (broad SMARTS) is 1. The Morgan fingerprint density at radius 3 is 2.56 bits per heavy atom. The Balaban J connectivity index is 3.21. The van der Waals surface area contributed by atoms with E-state index in [1.807, 2.05) is 0 Å². The van der Waals surface area contributed by atoms with Crippen LogP contribution in [-0.2, 0) is 4.79 Å².